The van der Waals surface area contributed by atoms with E-state index in [4.69, 9.17) is 4.74 Å². The molecule has 96 valence electrons. The zero-order valence-electron chi connectivity index (χ0n) is 10.9. The van der Waals surface area contributed by atoms with E-state index in [1.165, 1.54) is 30.6 Å². The van der Waals surface area contributed by atoms with Crippen molar-refractivity contribution in [3.05, 3.63) is 29.3 Å². The standard InChI is InChI=1S/C15H20N2O/c1-16-6-5-14-11(3-2-4-15(14)16)8-17-9-13-7-12(17)10-18-13/h2-4,12-13H,5-10H2,1H3/t12-,13-/m1/s1. The molecule has 2 saturated heterocycles. The van der Waals surface area contributed by atoms with Gasteiger partial charge in [0.05, 0.1) is 12.7 Å². The minimum absolute atomic E-state index is 0.509. The molecule has 3 nitrogen and oxygen atoms in total. The lowest BCUT2D eigenvalue weighted by Gasteiger charge is -2.27. The smallest absolute Gasteiger partial charge is 0.0718 e. The molecule has 3 heteroatoms. The van der Waals surface area contributed by atoms with Crippen molar-refractivity contribution < 1.29 is 4.74 Å². The largest absolute Gasteiger partial charge is 0.375 e. The van der Waals surface area contributed by atoms with Crippen LogP contribution in [0.5, 0.6) is 0 Å². The molecule has 0 N–H and O–H groups in total. The lowest BCUT2D eigenvalue weighted by molar-refractivity contribution is 0.0272. The molecule has 4 rings (SSSR count). The monoisotopic (exact) mass is 244 g/mol. The van der Waals surface area contributed by atoms with E-state index in [-0.39, 0.29) is 0 Å². The van der Waals surface area contributed by atoms with Crippen molar-refractivity contribution >= 4 is 5.69 Å². The molecule has 3 heterocycles. The molecule has 3 aliphatic rings. The van der Waals surface area contributed by atoms with Crippen LogP contribution in [0.1, 0.15) is 17.5 Å². The summed E-state index contributed by atoms with van der Waals surface area (Å²) in [6.45, 7) is 4.35. The van der Waals surface area contributed by atoms with Crippen molar-refractivity contribution in [1.82, 2.24) is 4.90 Å². The van der Waals surface area contributed by atoms with Gasteiger partial charge in [0.1, 0.15) is 0 Å². The molecule has 18 heavy (non-hydrogen) atoms. The van der Waals surface area contributed by atoms with Gasteiger partial charge in [-0.3, -0.25) is 4.90 Å². The van der Waals surface area contributed by atoms with E-state index in [1.807, 2.05) is 0 Å². The quantitative estimate of drug-likeness (QED) is 0.787. The number of likely N-dealkylation sites (tertiary alicyclic amines) is 1. The third-order valence-electron chi connectivity index (χ3n) is 4.74. The summed E-state index contributed by atoms with van der Waals surface area (Å²) >= 11 is 0. The van der Waals surface area contributed by atoms with Crippen LogP contribution in [0.25, 0.3) is 0 Å². The summed E-state index contributed by atoms with van der Waals surface area (Å²) in [5, 5.41) is 0. The number of morpholine rings is 1. The number of hydrogen-bond donors (Lipinski definition) is 0. The van der Waals surface area contributed by atoms with E-state index in [0.29, 0.717) is 12.1 Å². The van der Waals surface area contributed by atoms with Gasteiger partial charge < -0.3 is 9.64 Å². The highest BCUT2D eigenvalue weighted by Gasteiger charge is 2.39. The molecule has 0 radical (unpaired) electrons. The van der Waals surface area contributed by atoms with E-state index in [1.54, 1.807) is 5.56 Å². The second-order valence-corrected chi connectivity index (χ2v) is 5.86. The predicted molar refractivity (Wildman–Crippen MR) is 72.0 cm³/mol. The Balaban J connectivity index is 1.59. The van der Waals surface area contributed by atoms with Gasteiger partial charge in [-0.2, -0.15) is 0 Å². The molecule has 2 fully saturated rings. The lowest BCUT2D eigenvalue weighted by atomic mass is 10.0. The molecule has 0 aromatic heterocycles. The summed E-state index contributed by atoms with van der Waals surface area (Å²) in [5.74, 6) is 0. The van der Waals surface area contributed by atoms with E-state index in [0.717, 1.165) is 19.7 Å². The summed E-state index contributed by atoms with van der Waals surface area (Å²) in [4.78, 5) is 4.99. The Kier molecular flexibility index (Phi) is 2.39. The highest BCUT2D eigenvalue weighted by Crippen LogP contribution is 2.33. The number of nitrogens with zero attached hydrogens (tertiary/aromatic N) is 2. The molecule has 0 spiro atoms. The van der Waals surface area contributed by atoms with Crippen molar-refractivity contribution in [2.45, 2.75) is 31.5 Å². The second kappa shape index (κ2) is 3.97. The van der Waals surface area contributed by atoms with Crippen LogP contribution in [-0.4, -0.2) is 43.8 Å². The van der Waals surface area contributed by atoms with Crippen LogP contribution in [0.2, 0.25) is 0 Å². The molecule has 1 aromatic rings. The van der Waals surface area contributed by atoms with Crippen LogP contribution in [0, 0.1) is 0 Å². The maximum absolute atomic E-state index is 5.68. The van der Waals surface area contributed by atoms with Crippen LogP contribution in [0.15, 0.2) is 18.2 Å². The van der Waals surface area contributed by atoms with Crippen molar-refractivity contribution in [2.24, 2.45) is 0 Å². The van der Waals surface area contributed by atoms with Gasteiger partial charge in [-0.05, 0) is 30.0 Å². The summed E-state index contributed by atoms with van der Waals surface area (Å²) in [6.07, 6.45) is 2.96. The fraction of sp³-hybridized carbons (Fsp3) is 0.600. The zero-order valence-corrected chi connectivity index (χ0v) is 10.9. The first-order chi connectivity index (χ1) is 8.81. The minimum Gasteiger partial charge on any atom is -0.375 e. The molecule has 0 aliphatic carbocycles. The summed E-state index contributed by atoms with van der Waals surface area (Å²) in [7, 11) is 2.20. The topological polar surface area (TPSA) is 15.7 Å². The number of anilines is 1. The van der Waals surface area contributed by atoms with E-state index >= 15 is 0 Å². The van der Waals surface area contributed by atoms with Gasteiger partial charge in [-0.1, -0.05) is 12.1 Å². The molecule has 0 amide bonds. The maximum atomic E-state index is 5.68. The van der Waals surface area contributed by atoms with Crippen LogP contribution < -0.4 is 4.90 Å². The molecule has 0 saturated carbocycles. The molecule has 1 aromatic carbocycles. The van der Waals surface area contributed by atoms with Gasteiger partial charge >= 0.3 is 0 Å². The van der Waals surface area contributed by atoms with Crippen molar-refractivity contribution in [2.75, 3.05) is 31.6 Å². The average molecular weight is 244 g/mol. The molecule has 3 aliphatic heterocycles. The number of likely N-dealkylation sites (N-methyl/N-ethyl adjacent to an activating group) is 1. The predicted octanol–water partition coefficient (Wildman–Crippen LogP) is 1.65. The molecule has 2 bridgehead atoms. The Morgan fingerprint density at radius 2 is 2.33 bits per heavy atom. The Morgan fingerprint density at radius 1 is 1.39 bits per heavy atom. The third kappa shape index (κ3) is 1.57. The lowest BCUT2D eigenvalue weighted by Crippen LogP contribution is -2.36. The Morgan fingerprint density at radius 3 is 3.11 bits per heavy atom. The number of fused-ring (bicyclic) bond motifs is 3. The van der Waals surface area contributed by atoms with Crippen LogP contribution in [0.4, 0.5) is 5.69 Å². The Bertz CT molecular complexity index is 474. The van der Waals surface area contributed by atoms with E-state index in [9.17, 15) is 0 Å². The Hall–Kier alpha value is -1.06. The van der Waals surface area contributed by atoms with Crippen molar-refractivity contribution in [1.29, 1.82) is 0 Å². The van der Waals surface area contributed by atoms with Crippen molar-refractivity contribution in [3.63, 3.8) is 0 Å². The van der Waals surface area contributed by atoms with E-state index < -0.39 is 0 Å². The second-order valence-electron chi connectivity index (χ2n) is 5.86. The fourth-order valence-electron chi connectivity index (χ4n) is 3.71. The molecular formula is C15H20N2O. The van der Waals surface area contributed by atoms with Crippen LogP contribution in [-0.2, 0) is 17.7 Å². The van der Waals surface area contributed by atoms with Gasteiger partial charge in [0, 0.05) is 38.4 Å². The maximum Gasteiger partial charge on any atom is 0.0718 e. The van der Waals surface area contributed by atoms with Gasteiger partial charge in [0.25, 0.3) is 0 Å². The summed E-state index contributed by atoms with van der Waals surface area (Å²) in [5.41, 5.74) is 4.54. The number of rotatable bonds is 2. The third-order valence-corrected chi connectivity index (χ3v) is 4.74. The average Bonchev–Trinajstić information content (AvgIpc) is 3.06. The van der Waals surface area contributed by atoms with Gasteiger partial charge in [0.2, 0.25) is 0 Å². The molecule has 2 atom stereocenters. The minimum atomic E-state index is 0.509. The number of hydrogen-bond acceptors (Lipinski definition) is 3. The number of ether oxygens (including phenoxy) is 1. The summed E-state index contributed by atoms with van der Waals surface area (Å²) in [6, 6.07) is 7.45. The van der Waals surface area contributed by atoms with Gasteiger partial charge in [-0.25, -0.2) is 0 Å². The molecule has 0 unspecified atom stereocenters. The zero-order chi connectivity index (χ0) is 12.1. The number of benzene rings is 1. The fourth-order valence-corrected chi connectivity index (χ4v) is 3.71. The van der Waals surface area contributed by atoms with Gasteiger partial charge in [0.15, 0.2) is 0 Å². The first kappa shape index (κ1) is 10.8. The highest BCUT2D eigenvalue weighted by molar-refractivity contribution is 5.60. The Labute approximate surface area is 108 Å². The van der Waals surface area contributed by atoms with Gasteiger partial charge in [-0.15, -0.1) is 0 Å². The van der Waals surface area contributed by atoms with Crippen LogP contribution >= 0.6 is 0 Å². The first-order valence-electron chi connectivity index (χ1n) is 6.99. The highest BCUT2D eigenvalue weighted by atomic mass is 16.5. The SMILES string of the molecule is CN1CCc2c(CN3C[C@H]4C[C@@H]3CO4)cccc21. The normalized spacial score (nSPS) is 30.2. The molecular weight excluding hydrogens is 224 g/mol. The van der Waals surface area contributed by atoms with Crippen LogP contribution in [0.3, 0.4) is 0 Å². The van der Waals surface area contributed by atoms with E-state index in [2.05, 4.69) is 35.0 Å². The first-order valence-corrected chi connectivity index (χ1v) is 6.99. The summed E-state index contributed by atoms with van der Waals surface area (Å²) < 4.78 is 5.68. The van der Waals surface area contributed by atoms with Crippen molar-refractivity contribution in [3.8, 4) is 0 Å².